The first-order valence-electron chi connectivity index (χ1n) is 12.2. The summed E-state index contributed by atoms with van der Waals surface area (Å²) < 4.78 is 5.77. The highest BCUT2D eigenvalue weighted by molar-refractivity contribution is 5.80. The Labute approximate surface area is 193 Å². The number of hydrogen-bond donors (Lipinski definition) is 2. The molecule has 0 radical (unpaired) electrons. The molecule has 2 rings (SSSR count). The van der Waals surface area contributed by atoms with Crippen molar-refractivity contribution in [1.82, 2.24) is 10.2 Å². The summed E-state index contributed by atoms with van der Waals surface area (Å²) in [4.78, 5) is 27.8. The number of benzene rings is 1. The van der Waals surface area contributed by atoms with Gasteiger partial charge < -0.3 is 20.1 Å². The number of likely N-dealkylation sites (tertiary alicyclic amines) is 1. The molecule has 0 aromatic heterocycles. The van der Waals surface area contributed by atoms with E-state index in [2.05, 4.69) is 19.2 Å². The van der Waals surface area contributed by atoms with Crippen LogP contribution in [0, 0.1) is 11.8 Å². The second kappa shape index (κ2) is 12.9. The summed E-state index contributed by atoms with van der Waals surface area (Å²) in [5, 5.41) is 13.5. The van der Waals surface area contributed by atoms with E-state index in [0.717, 1.165) is 44.2 Å². The van der Waals surface area contributed by atoms with Gasteiger partial charge in [-0.05, 0) is 37.7 Å². The van der Waals surface area contributed by atoms with Crippen molar-refractivity contribution in [1.29, 1.82) is 0 Å². The van der Waals surface area contributed by atoms with Gasteiger partial charge >= 0.3 is 0 Å². The number of ether oxygens (including phenoxy) is 1. The van der Waals surface area contributed by atoms with E-state index in [4.69, 9.17) is 4.74 Å². The molecule has 0 spiro atoms. The second-order valence-corrected chi connectivity index (χ2v) is 9.34. The molecule has 0 aliphatic carbocycles. The van der Waals surface area contributed by atoms with Crippen LogP contribution in [-0.2, 0) is 14.3 Å². The number of carbonyl (C=O) groups excluding carboxylic acids is 2. The first-order chi connectivity index (χ1) is 15.3. The molecule has 6 heteroatoms. The van der Waals surface area contributed by atoms with Crippen LogP contribution in [0.1, 0.15) is 77.9 Å². The summed E-state index contributed by atoms with van der Waals surface area (Å²) in [5.74, 6) is 0.193. The van der Waals surface area contributed by atoms with E-state index in [9.17, 15) is 14.7 Å². The van der Waals surface area contributed by atoms with Crippen LogP contribution in [0.25, 0.3) is 0 Å². The lowest BCUT2D eigenvalue weighted by molar-refractivity contribution is -0.140. The Bertz CT molecular complexity index is 711. The van der Waals surface area contributed by atoms with Crippen molar-refractivity contribution in [2.24, 2.45) is 11.8 Å². The average Bonchev–Trinajstić information content (AvgIpc) is 3.28. The highest BCUT2D eigenvalue weighted by Gasteiger charge is 2.39. The Morgan fingerprint density at radius 3 is 2.53 bits per heavy atom. The monoisotopic (exact) mass is 446 g/mol. The van der Waals surface area contributed by atoms with Gasteiger partial charge in [-0.15, -0.1) is 0 Å². The van der Waals surface area contributed by atoms with E-state index in [0.29, 0.717) is 12.3 Å². The number of nitrogens with zero attached hydrogens (tertiary/aromatic N) is 1. The molecule has 1 fully saturated rings. The second-order valence-electron chi connectivity index (χ2n) is 9.34. The fraction of sp³-hybridized carbons (Fsp3) is 0.692. The van der Waals surface area contributed by atoms with Crippen LogP contribution >= 0.6 is 0 Å². The van der Waals surface area contributed by atoms with Gasteiger partial charge in [-0.1, -0.05) is 63.9 Å². The van der Waals surface area contributed by atoms with Gasteiger partial charge in [0.1, 0.15) is 0 Å². The standard InChI is InChI=1S/C26H42N2O4/c1-6-18(2)12-10-16-23(29)28-17-11-15-22(28)25(32-5)19(3)26(31)27-20(4)24(30)21-13-8-7-9-14-21/h7-9,13-14,18-20,22,24-25,30H,6,10-12,15-17H2,1-5H3,(H,27,31)/t18-,19+,20+,22-,24+,25+/m1/s1. The normalized spacial score (nSPS) is 20.9. The molecule has 6 nitrogen and oxygen atoms in total. The first-order valence-corrected chi connectivity index (χ1v) is 12.2. The quantitative estimate of drug-likeness (QED) is 0.507. The molecule has 0 bridgehead atoms. The van der Waals surface area contributed by atoms with Crippen LogP contribution in [-0.4, -0.2) is 53.7 Å². The third-order valence-corrected chi connectivity index (χ3v) is 6.95. The molecular weight excluding hydrogens is 404 g/mol. The summed E-state index contributed by atoms with van der Waals surface area (Å²) in [5.41, 5.74) is 0.765. The van der Waals surface area contributed by atoms with Gasteiger partial charge in [0, 0.05) is 20.1 Å². The van der Waals surface area contributed by atoms with Gasteiger partial charge in [-0.3, -0.25) is 9.59 Å². The molecule has 1 heterocycles. The van der Waals surface area contributed by atoms with Gasteiger partial charge in [-0.25, -0.2) is 0 Å². The Morgan fingerprint density at radius 2 is 1.91 bits per heavy atom. The molecule has 180 valence electrons. The lowest BCUT2D eigenvalue weighted by Crippen LogP contribution is -2.51. The fourth-order valence-corrected chi connectivity index (χ4v) is 4.61. The molecule has 32 heavy (non-hydrogen) atoms. The summed E-state index contributed by atoms with van der Waals surface area (Å²) >= 11 is 0. The Kier molecular flexibility index (Phi) is 10.7. The van der Waals surface area contributed by atoms with Crippen molar-refractivity contribution < 1.29 is 19.4 Å². The zero-order chi connectivity index (χ0) is 23.7. The number of aliphatic hydroxyl groups is 1. The van der Waals surface area contributed by atoms with Gasteiger partial charge in [0.25, 0.3) is 0 Å². The maximum Gasteiger partial charge on any atom is 0.225 e. The molecule has 0 unspecified atom stereocenters. The summed E-state index contributed by atoms with van der Waals surface area (Å²) in [7, 11) is 1.61. The molecule has 1 saturated heterocycles. The van der Waals surface area contributed by atoms with E-state index in [-0.39, 0.29) is 24.0 Å². The van der Waals surface area contributed by atoms with E-state index in [1.54, 1.807) is 14.0 Å². The van der Waals surface area contributed by atoms with Crippen molar-refractivity contribution >= 4 is 11.8 Å². The molecule has 0 saturated carbocycles. The minimum Gasteiger partial charge on any atom is -0.386 e. The van der Waals surface area contributed by atoms with Crippen molar-refractivity contribution in [3.63, 3.8) is 0 Å². The number of carbonyl (C=O) groups is 2. The predicted molar refractivity (Wildman–Crippen MR) is 127 cm³/mol. The van der Waals surface area contributed by atoms with Gasteiger partial charge in [0.15, 0.2) is 0 Å². The van der Waals surface area contributed by atoms with E-state index in [1.165, 1.54) is 0 Å². The van der Waals surface area contributed by atoms with Crippen LogP contribution in [0.2, 0.25) is 0 Å². The smallest absolute Gasteiger partial charge is 0.225 e. The Hall–Kier alpha value is -1.92. The Balaban J connectivity index is 1.96. The number of methoxy groups -OCH3 is 1. The summed E-state index contributed by atoms with van der Waals surface area (Å²) in [6.07, 6.45) is 4.26. The molecule has 1 aromatic carbocycles. The van der Waals surface area contributed by atoms with Crippen LogP contribution in [0.4, 0.5) is 0 Å². The molecule has 2 amide bonds. The molecule has 1 aromatic rings. The zero-order valence-corrected chi connectivity index (χ0v) is 20.4. The number of nitrogens with one attached hydrogen (secondary N) is 1. The number of hydrogen-bond acceptors (Lipinski definition) is 4. The van der Waals surface area contributed by atoms with Crippen molar-refractivity contribution in [3.8, 4) is 0 Å². The third kappa shape index (κ3) is 7.04. The minimum absolute atomic E-state index is 0.0915. The van der Waals surface area contributed by atoms with Gasteiger partial charge in [-0.2, -0.15) is 0 Å². The highest BCUT2D eigenvalue weighted by Crippen LogP contribution is 2.28. The number of aliphatic hydroxyl groups excluding tert-OH is 1. The molecule has 6 atom stereocenters. The van der Waals surface area contributed by atoms with E-state index in [1.807, 2.05) is 42.2 Å². The van der Waals surface area contributed by atoms with Crippen LogP contribution in [0.5, 0.6) is 0 Å². The third-order valence-electron chi connectivity index (χ3n) is 6.95. The number of amides is 2. The molecule has 1 aliphatic heterocycles. The maximum absolute atomic E-state index is 13.0. The Morgan fingerprint density at radius 1 is 1.22 bits per heavy atom. The number of rotatable bonds is 12. The average molecular weight is 447 g/mol. The van der Waals surface area contributed by atoms with E-state index >= 15 is 0 Å². The van der Waals surface area contributed by atoms with Crippen molar-refractivity contribution in [2.45, 2.75) is 90.5 Å². The van der Waals surface area contributed by atoms with Crippen molar-refractivity contribution in [3.05, 3.63) is 35.9 Å². The topological polar surface area (TPSA) is 78.9 Å². The summed E-state index contributed by atoms with van der Waals surface area (Å²) in [6.45, 7) is 8.77. The van der Waals surface area contributed by atoms with Crippen LogP contribution < -0.4 is 5.32 Å². The van der Waals surface area contributed by atoms with Crippen LogP contribution in [0.15, 0.2) is 30.3 Å². The zero-order valence-electron chi connectivity index (χ0n) is 20.4. The predicted octanol–water partition coefficient (Wildman–Crippen LogP) is 4.08. The van der Waals surface area contributed by atoms with Crippen LogP contribution in [0.3, 0.4) is 0 Å². The largest absolute Gasteiger partial charge is 0.386 e. The van der Waals surface area contributed by atoms with Gasteiger partial charge in [0.2, 0.25) is 11.8 Å². The summed E-state index contributed by atoms with van der Waals surface area (Å²) in [6, 6.07) is 8.79. The first kappa shape index (κ1) is 26.3. The maximum atomic E-state index is 13.0. The SMILES string of the molecule is CC[C@@H](C)CCCC(=O)N1CCC[C@@H]1[C@@H](OC)[C@H](C)C(=O)N[C@@H](C)[C@H](O)c1ccccc1. The molecular formula is C26H42N2O4. The fourth-order valence-electron chi connectivity index (χ4n) is 4.61. The minimum atomic E-state index is -0.789. The van der Waals surface area contributed by atoms with Crippen molar-refractivity contribution in [2.75, 3.05) is 13.7 Å². The highest BCUT2D eigenvalue weighted by atomic mass is 16.5. The van der Waals surface area contributed by atoms with Gasteiger partial charge in [0.05, 0.1) is 30.2 Å². The lowest BCUT2D eigenvalue weighted by Gasteiger charge is -2.34. The molecule has 1 aliphatic rings. The van der Waals surface area contributed by atoms with E-state index < -0.39 is 18.1 Å². The molecule has 2 N–H and O–H groups in total. The lowest BCUT2D eigenvalue weighted by atomic mass is 9.93.